The van der Waals surface area contributed by atoms with E-state index in [-0.39, 0.29) is 12.4 Å². The topological polar surface area (TPSA) is 90.0 Å². The Morgan fingerprint density at radius 3 is 2.33 bits per heavy atom. The third-order valence-corrected chi connectivity index (χ3v) is 7.89. The van der Waals surface area contributed by atoms with E-state index in [9.17, 15) is 9.59 Å². The van der Waals surface area contributed by atoms with Gasteiger partial charge in [-0.25, -0.2) is 9.78 Å². The molecule has 224 valence electrons. The smallest absolute Gasteiger partial charge is 0.408 e. The molecule has 10 heteroatoms. The van der Waals surface area contributed by atoms with Gasteiger partial charge in [-0.15, -0.1) is 0 Å². The second-order valence-corrected chi connectivity index (χ2v) is 12.5. The van der Waals surface area contributed by atoms with E-state index in [1.165, 1.54) is 6.92 Å². The van der Waals surface area contributed by atoms with Crippen LogP contribution in [0.25, 0.3) is 11.3 Å². The molecule has 1 aliphatic rings. The van der Waals surface area contributed by atoms with Crippen LogP contribution >= 0.6 is 23.2 Å². The van der Waals surface area contributed by atoms with Crippen molar-refractivity contribution in [2.75, 3.05) is 25.1 Å². The molecule has 0 unspecified atom stereocenters. The molecule has 1 fully saturated rings. The van der Waals surface area contributed by atoms with Crippen molar-refractivity contribution in [3.8, 4) is 22.8 Å². The Morgan fingerprint density at radius 1 is 1.07 bits per heavy atom. The number of carbonyl (C=O) groups excluding carboxylic acids is 2. The van der Waals surface area contributed by atoms with Crippen molar-refractivity contribution in [3.63, 3.8) is 0 Å². The number of amides is 1. The van der Waals surface area contributed by atoms with Crippen molar-refractivity contribution in [3.05, 3.63) is 69.8 Å². The molecule has 8 nitrogen and oxygen atoms in total. The van der Waals surface area contributed by atoms with Crippen molar-refractivity contribution in [2.24, 2.45) is 0 Å². The fourth-order valence-corrected chi connectivity index (χ4v) is 5.16. The predicted octanol–water partition coefficient (Wildman–Crippen LogP) is 7.73. The number of hydrogen-bond acceptors (Lipinski definition) is 7. The van der Waals surface area contributed by atoms with Gasteiger partial charge in [0, 0.05) is 37.2 Å². The lowest BCUT2D eigenvalue weighted by atomic mass is 9.89. The number of rotatable bonds is 8. The highest BCUT2D eigenvalue weighted by molar-refractivity contribution is 6.43. The molecule has 3 aromatic rings. The summed E-state index contributed by atoms with van der Waals surface area (Å²) in [6, 6.07) is 14.7. The van der Waals surface area contributed by atoms with Crippen LogP contribution in [0.2, 0.25) is 10.0 Å². The third kappa shape index (κ3) is 7.66. The monoisotopic (exact) mass is 613 g/mol. The normalized spacial score (nSPS) is 14.7. The first-order valence-electron chi connectivity index (χ1n) is 13.8. The Balaban J connectivity index is 1.67. The molecule has 0 atom stereocenters. The van der Waals surface area contributed by atoms with Gasteiger partial charge in [-0.05, 0) is 64.3 Å². The van der Waals surface area contributed by atoms with Gasteiger partial charge in [-0.2, -0.15) is 0 Å². The van der Waals surface area contributed by atoms with Gasteiger partial charge in [0.1, 0.15) is 35.1 Å². The number of ether oxygens (including phenoxy) is 3. The molecule has 0 saturated carbocycles. The van der Waals surface area contributed by atoms with E-state index in [2.05, 4.69) is 10.2 Å². The van der Waals surface area contributed by atoms with Gasteiger partial charge in [-0.3, -0.25) is 4.79 Å². The zero-order valence-electron chi connectivity index (χ0n) is 24.8. The minimum atomic E-state index is -0.584. The standard InChI is InChI=1S/C32H37Cl2N3O5/c1-20(38)28-25(37-16-14-32(5,15-17-37)36-30(39)42-31(2,3)4)18-26(41-19-21-10-12-22(40-6)13-11-21)29(35-28)23-8-7-9-24(33)27(23)34/h7-13,18H,14-17,19H2,1-6H3,(H,36,39). The fraction of sp³-hybridized carbons (Fsp3) is 0.406. The number of alkyl carbamates (subject to hydrolysis) is 1. The summed E-state index contributed by atoms with van der Waals surface area (Å²) in [6.45, 7) is 10.4. The number of ketones is 1. The minimum Gasteiger partial charge on any atom is -0.497 e. The first-order chi connectivity index (χ1) is 19.8. The van der Waals surface area contributed by atoms with Crippen molar-refractivity contribution in [2.45, 2.75) is 65.2 Å². The summed E-state index contributed by atoms with van der Waals surface area (Å²) in [5.41, 5.74) is 1.85. The van der Waals surface area contributed by atoms with E-state index >= 15 is 0 Å². The maximum atomic E-state index is 12.9. The Hall–Kier alpha value is -3.49. The van der Waals surface area contributed by atoms with Gasteiger partial charge in [0.15, 0.2) is 5.78 Å². The molecule has 4 rings (SSSR count). The average molecular weight is 615 g/mol. The summed E-state index contributed by atoms with van der Waals surface area (Å²) >= 11 is 12.9. The summed E-state index contributed by atoms with van der Waals surface area (Å²) < 4.78 is 17.1. The number of Topliss-reactive ketones (excluding diaryl/α,β-unsaturated/α-hetero) is 1. The molecule has 1 amide bonds. The molecule has 0 spiro atoms. The van der Waals surface area contributed by atoms with Gasteiger partial charge >= 0.3 is 6.09 Å². The van der Waals surface area contributed by atoms with E-state index in [0.717, 1.165) is 11.3 Å². The number of benzene rings is 2. The van der Waals surface area contributed by atoms with Crippen molar-refractivity contribution in [1.82, 2.24) is 10.3 Å². The number of hydrogen-bond donors (Lipinski definition) is 1. The van der Waals surface area contributed by atoms with Crippen LogP contribution in [0.4, 0.5) is 10.5 Å². The zero-order valence-corrected chi connectivity index (χ0v) is 26.4. The van der Waals surface area contributed by atoms with Crippen LogP contribution in [0.3, 0.4) is 0 Å². The number of halogens is 2. The van der Waals surface area contributed by atoms with Gasteiger partial charge in [0.2, 0.25) is 0 Å². The Kier molecular flexibility index (Phi) is 9.58. The van der Waals surface area contributed by atoms with Crippen LogP contribution in [0.1, 0.15) is 63.5 Å². The molecule has 0 bridgehead atoms. The number of carbonyl (C=O) groups is 2. The highest BCUT2D eigenvalue weighted by Crippen LogP contribution is 2.41. The van der Waals surface area contributed by atoms with Crippen LogP contribution in [0.5, 0.6) is 11.5 Å². The highest BCUT2D eigenvalue weighted by atomic mass is 35.5. The zero-order chi connectivity index (χ0) is 30.7. The molecular weight excluding hydrogens is 577 g/mol. The van der Waals surface area contributed by atoms with Gasteiger partial charge in [0.25, 0.3) is 0 Å². The SMILES string of the molecule is COc1ccc(COc2cc(N3CCC(C)(NC(=O)OC(C)(C)C)CC3)c(C(C)=O)nc2-c2cccc(Cl)c2Cl)cc1. The van der Waals surface area contributed by atoms with Crippen LogP contribution in [-0.4, -0.2) is 48.2 Å². The Bertz CT molecular complexity index is 1450. The molecule has 0 aliphatic carbocycles. The second-order valence-electron chi connectivity index (χ2n) is 11.7. The summed E-state index contributed by atoms with van der Waals surface area (Å²) in [4.78, 5) is 32.3. The van der Waals surface area contributed by atoms with Crippen LogP contribution in [0, 0.1) is 0 Å². The minimum absolute atomic E-state index is 0.189. The van der Waals surface area contributed by atoms with Gasteiger partial charge in [0.05, 0.1) is 22.8 Å². The van der Waals surface area contributed by atoms with Crippen LogP contribution in [-0.2, 0) is 11.3 Å². The molecule has 1 saturated heterocycles. The largest absolute Gasteiger partial charge is 0.497 e. The molecule has 1 aromatic heterocycles. The van der Waals surface area contributed by atoms with E-state index in [4.69, 9.17) is 42.4 Å². The first-order valence-corrected chi connectivity index (χ1v) is 14.6. The average Bonchev–Trinajstić information content (AvgIpc) is 2.92. The quantitative estimate of drug-likeness (QED) is 0.260. The number of aromatic nitrogens is 1. The lowest BCUT2D eigenvalue weighted by Gasteiger charge is -2.41. The van der Waals surface area contributed by atoms with Gasteiger partial charge in [-0.1, -0.05) is 47.5 Å². The number of methoxy groups -OCH3 is 1. The first kappa shape index (κ1) is 31.4. The van der Waals surface area contributed by atoms with Crippen molar-refractivity contribution >= 4 is 40.8 Å². The molecule has 2 aromatic carbocycles. The van der Waals surface area contributed by atoms with E-state index in [1.807, 2.05) is 58.0 Å². The van der Waals surface area contributed by atoms with E-state index < -0.39 is 17.2 Å². The highest BCUT2D eigenvalue weighted by Gasteiger charge is 2.35. The van der Waals surface area contributed by atoms with Crippen molar-refractivity contribution in [1.29, 1.82) is 0 Å². The maximum absolute atomic E-state index is 12.9. The molecule has 42 heavy (non-hydrogen) atoms. The van der Waals surface area contributed by atoms with E-state index in [0.29, 0.717) is 64.4 Å². The molecule has 2 heterocycles. The molecule has 1 N–H and O–H groups in total. The fourth-order valence-electron chi connectivity index (χ4n) is 4.77. The Morgan fingerprint density at radius 2 is 1.74 bits per heavy atom. The lowest BCUT2D eigenvalue weighted by molar-refractivity contribution is 0.0448. The third-order valence-electron chi connectivity index (χ3n) is 7.07. The van der Waals surface area contributed by atoms with Crippen molar-refractivity contribution < 1.29 is 23.8 Å². The summed E-state index contributed by atoms with van der Waals surface area (Å²) in [7, 11) is 1.62. The number of pyridine rings is 1. The summed E-state index contributed by atoms with van der Waals surface area (Å²) in [5, 5.41) is 3.73. The van der Waals surface area contributed by atoms with Gasteiger partial charge < -0.3 is 24.4 Å². The van der Waals surface area contributed by atoms with Crippen LogP contribution in [0.15, 0.2) is 48.5 Å². The maximum Gasteiger partial charge on any atom is 0.408 e. The van der Waals surface area contributed by atoms with Crippen LogP contribution < -0.4 is 19.7 Å². The molecule has 0 radical (unpaired) electrons. The molecular formula is C32H37Cl2N3O5. The summed E-state index contributed by atoms with van der Waals surface area (Å²) in [5.74, 6) is 1.03. The molecule has 1 aliphatic heterocycles. The lowest BCUT2D eigenvalue weighted by Crippen LogP contribution is -2.54. The Labute approximate surface area is 257 Å². The number of piperidine rings is 1. The summed E-state index contributed by atoms with van der Waals surface area (Å²) in [6.07, 6.45) is 0.850. The van der Waals surface area contributed by atoms with E-state index in [1.54, 1.807) is 25.3 Å². The predicted molar refractivity (Wildman–Crippen MR) is 166 cm³/mol. The number of nitrogens with one attached hydrogen (secondary N) is 1. The number of nitrogens with zero attached hydrogens (tertiary/aromatic N) is 2. The number of anilines is 1. The second kappa shape index (κ2) is 12.8.